The number of hydrogen-bond donors (Lipinski definition) is 1. The second-order valence-electron chi connectivity index (χ2n) is 5.24. The van der Waals surface area contributed by atoms with E-state index in [0.717, 1.165) is 32.1 Å². The van der Waals surface area contributed by atoms with Gasteiger partial charge in [-0.25, -0.2) is 0 Å². The van der Waals surface area contributed by atoms with Crippen LogP contribution in [0.2, 0.25) is 10.0 Å². The Kier molecular flexibility index (Phi) is 7.40. The Morgan fingerprint density at radius 3 is 2.25 bits per heavy atom. The molecular weight excluding hydrogens is 338 g/mol. The fourth-order valence-electron chi connectivity index (χ4n) is 2.85. The third kappa shape index (κ3) is 4.16. The van der Waals surface area contributed by atoms with Gasteiger partial charge in [-0.3, -0.25) is 4.90 Å². The molecule has 0 spiro atoms. The van der Waals surface area contributed by atoms with Gasteiger partial charge in [-0.15, -0.1) is 24.8 Å². The van der Waals surface area contributed by atoms with Crippen molar-refractivity contribution in [3.8, 4) is 0 Å². The highest BCUT2D eigenvalue weighted by molar-refractivity contribution is 6.42. The first-order valence-electron chi connectivity index (χ1n) is 6.65. The van der Waals surface area contributed by atoms with Gasteiger partial charge in [0.15, 0.2) is 0 Å². The molecule has 1 heterocycles. The van der Waals surface area contributed by atoms with E-state index in [1.54, 1.807) is 0 Å². The molecule has 0 unspecified atom stereocenters. The van der Waals surface area contributed by atoms with E-state index in [4.69, 9.17) is 23.2 Å². The summed E-state index contributed by atoms with van der Waals surface area (Å²) in [7, 11) is 0. The number of nitrogens with one attached hydrogen (secondary N) is 1. The number of piperazine rings is 1. The van der Waals surface area contributed by atoms with Crippen molar-refractivity contribution in [3.05, 3.63) is 33.8 Å². The van der Waals surface area contributed by atoms with E-state index in [2.05, 4.69) is 22.3 Å². The fourth-order valence-corrected chi connectivity index (χ4v) is 3.16. The topological polar surface area (TPSA) is 15.3 Å². The van der Waals surface area contributed by atoms with E-state index in [0.29, 0.717) is 16.1 Å². The van der Waals surface area contributed by atoms with Crippen LogP contribution in [0, 0.1) is 5.92 Å². The zero-order chi connectivity index (χ0) is 12.5. The minimum Gasteiger partial charge on any atom is -0.314 e. The van der Waals surface area contributed by atoms with Crippen molar-refractivity contribution >= 4 is 48.0 Å². The largest absolute Gasteiger partial charge is 0.314 e. The highest BCUT2D eigenvalue weighted by atomic mass is 35.5. The van der Waals surface area contributed by atoms with Gasteiger partial charge in [0.05, 0.1) is 10.0 Å². The zero-order valence-electron chi connectivity index (χ0n) is 11.1. The van der Waals surface area contributed by atoms with Gasteiger partial charge in [0, 0.05) is 32.2 Å². The third-order valence-electron chi connectivity index (χ3n) is 3.90. The van der Waals surface area contributed by atoms with Crippen LogP contribution in [0.15, 0.2) is 18.2 Å². The lowest BCUT2D eigenvalue weighted by atomic mass is 10.00. The summed E-state index contributed by atoms with van der Waals surface area (Å²) >= 11 is 12.2. The van der Waals surface area contributed by atoms with E-state index < -0.39 is 0 Å². The minimum atomic E-state index is 0. The summed E-state index contributed by atoms with van der Waals surface area (Å²) in [5.74, 6) is 0.806. The van der Waals surface area contributed by atoms with E-state index in [-0.39, 0.29) is 24.8 Å². The van der Waals surface area contributed by atoms with Gasteiger partial charge in [0.25, 0.3) is 0 Å². The van der Waals surface area contributed by atoms with Crippen LogP contribution in [0.25, 0.3) is 0 Å². The maximum atomic E-state index is 6.16. The van der Waals surface area contributed by atoms with Crippen LogP contribution in [-0.2, 0) is 0 Å². The SMILES string of the molecule is Cl.Cl.Clc1ccc([C@@H](C2CC2)N2CCNCC2)cc1Cl. The highest BCUT2D eigenvalue weighted by Crippen LogP contribution is 2.45. The zero-order valence-corrected chi connectivity index (χ0v) is 14.3. The average Bonchev–Trinajstić information content (AvgIpc) is 3.20. The molecule has 0 bridgehead atoms. The molecule has 2 nitrogen and oxygen atoms in total. The molecule has 1 saturated heterocycles. The summed E-state index contributed by atoms with van der Waals surface area (Å²) in [6.07, 6.45) is 2.68. The van der Waals surface area contributed by atoms with Crippen LogP contribution in [0.1, 0.15) is 24.4 Å². The van der Waals surface area contributed by atoms with E-state index in [1.165, 1.54) is 18.4 Å². The Balaban J connectivity index is 0.000001000. The fraction of sp³-hybridized carbons (Fsp3) is 0.571. The van der Waals surface area contributed by atoms with Crippen molar-refractivity contribution in [1.82, 2.24) is 10.2 Å². The molecule has 0 amide bonds. The van der Waals surface area contributed by atoms with Gasteiger partial charge in [-0.05, 0) is 36.5 Å². The number of benzene rings is 1. The molecule has 1 saturated carbocycles. The molecular formula is C14H20Cl4N2. The van der Waals surface area contributed by atoms with Crippen LogP contribution in [0.4, 0.5) is 0 Å². The van der Waals surface area contributed by atoms with Crippen molar-refractivity contribution in [2.24, 2.45) is 5.92 Å². The number of rotatable bonds is 3. The second kappa shape index (κ2) is 8.07. The monoisotopic (exact) mass is 356 g/mol. The summed E-state index contributed by atoms with van der Waals surface area (Å²) in [4.78, 5) is 2.59. The molecule has 114 valence electrons. The summed E-state index contributed by atoms with van der Waals surface area (Å²) in [5, 5.41) is 4.74. The maximum Gasteiger partial charge on any atom is 0.0595 e. The van der Waals surface area contributed by atoms with Crippen LogP contribution in [0.5, 0.6) is 0 Å². The molecule has 2 fully saturated rings. The van der Waals surface area contributed by atoms with Crippen LogP contribution < -0.4 is 5.32 Å². The molecule has 6 heteroatoms. The van der Waals surface area contributed by atoms with Gasteiger partial charge in [0.2, 0.25) is 0 Å². The van der Waals surface area contributed by atoms with Gasteiger partial charge in [0.1, 0.15) is 0 Å². The summed E-state index contributed by atoms with van der Waals surface area (Å²) < 4.78 is 0. The lowest BCUT2D eigenvalue weighted by Gasteiger charge is -2.35. The first-order chi connectivity index (χ1) is 8.75. The van der Waals surface area contributed by atoms with E-state index in [9.17, 15) is 0 Å². The van der Waals surface area contributed by atoms with Crippen molar-refractivity contribution in [1.29, 1.82) is 0 Å². The summed E-state index contributed by atoms with van der Waals surface area (Å²) in [6.45, 7) is 4.43. The number of halogens is 4. The Morgan fingerprint density at radius 1 is 1.05 bits per heavy atom. The summed E-state index contributed by atoms with van der Waals surface area (Å²) in [6, 6.07) is 6.65. The van der Waals surface area contributed by atoms with Gasteiger partial charge < -0.3 is 5.32 Å². The molecule has 1 aliphatic heterocycles. The molecule has 0 aromatic heterocycles. The van der Waals surface area contributed by atoms with E-state index in [1.807, 2.05) is 6.07 Å². The van der Waals surface area contributed by atoms with Crippen molar-refractivity contribution in [3.63, 3.8) is 0 Å². The van der Waals surface area contributed by atoms with Crippen LogP contribution in [0.3, 0.4) is 0 Å². The molecule has 1 aromatic carbocycles. The molecule has 1 aliphatic carbocycles. The molecule has 0 radical (unpaired) electrons. The number of nitrogens with zero attached hydrogens (tertiary/aromatic N) is 1. The lowest BCUT2D eigenvalue weighted by molar-refractivity contribution is 0.156. The predicted octanol–water partition coefficient (Wildman–Crippen LogP) is 4.19. The average molecular weight is 358 g/mol. The van der Waals surface area contributed by atoms with Crippen LogP contribution in [-0.4, -0.2) is 31.1 Å². The molecule has 1 atom stereocenters. The van der Waals surface area contributed by atoms with E-state index >= 15 is 0 Å². The maximum absolute atomic E-state index is 6.16. The first kappa shape index (κ1) is 18.3. The molecule has 1 N–H and O–H groups in total. The second-order valence-corrected chi connectivity index (χ2v) is 6.06. The smallest absolute Gasteiger partial charge is 0.0595 e. The normalized spacial score (nSPS) is 20.7. The van der Waals surface area contributed by atoms with Crippen molar-refractivity contribution in [2.45, 2.75) is 18.9 Å². The Morgan fingerprint density at radius 2 is 1.70 bits per heavy atom. The molecule has 2 aliphatic rings. The predicted molar refractivity (Wildman–Crippen MR) is 90.9 cm³/mol. The standard InChI is InChI=1S/C14H18Cl2N2.2ClH/c15-12-4-3-11(9-13(12)16)14(10-1-2-10)18-7-5-17-6-8-18;;/h3-4,9-10,14,17H,1-2,5-8H2;2*1H/t14-;;/m1../s1. The molecule has 3 rings (SSSR count). The van der Waals surface area contributed by atoms with Crippen LogP contribution >= 0.6 is 48.0 Å². The van der Waals surface area contributed by atoms with Crippen molar-refractivity contribution in [2.75, 3.05) is 26.2 Å². The highest BCUT2D eigenvalue weighted by Gasteiger charge is 2.36. The Hall–Kier alpha value is 0.300. The van der Waals surface area contributed by atoms with Gasteiger partial charge in [-0.1, -0.05) is 29.3 Å². The van der Waals surface area contributed by atoms with Gasteiger partial charge >= 0.3 is 0 Å². The Labute approximate surface area is 143 Å². The van der Waals surface area contributed by atoms with Crippen molar-refractivity contribution < 1.29 is 0 Å². The first-order valence-corrected chi connectivity index (χ1v) is 7.41. The summed E-state index contributed by atoms with van der Waals surface area (Å²) in [5.41, 5.74) is 1.33. The quantitative estimate of drug-likeness (QED) is 0.872. The third-order valence-corrected chi connectivity index (χ3v) is 4.64. The molecule has 20 heavy (non-hydrogen) atoms. The molecule has 1 aromatic rings. The Bertz CT molecular complexity index is 431. The number of hydrogen-bond acceptors (Lipinski definition) is 2. The van der Waals surface area contributed by atoms with Gasteiger partial charge in [-0.2, -0.15) is 0 Å². The minimum absolute atomic E-state index is 0. The lowest BCUT2D eigenvalue weighted by Crippen LogP contribution is -2.45.